The van der Waals surface area contributed by atoms with Crippen LogP contribution in [0.2, 0.25) is 0 Å². The molecule has 8 heteroatoms. The molecular formula is C24H33BO7. The Morgan fingerprint density at radius 2 is 1.44 bits per heavy atom. The minimum absolute atomic E-state index is 0.208. The Labute approximate surface area is 191 Å². The van der Waals surface area contributed by atoms with E-state index in [1.807, 2.05) is 58.9 Å². The molecule has 1 aliphatic heterocycles. The molecule has 0 spiro atoms. The molecule has 32 heavy (non-hydrogen) atoms. The molecule has 1 aliphatic rings. The fourth-order valence-electron chi connectivity index (χ4n) is 3.28. The van der Waals surface area contributed by atoms with Crippen LogP contribution >= 0.6 is 0 Å². The Bertz CT molecular complexity index is 897. The topological polar surface area (TPSA) is 64.6 Å². The predicted octanol–water partition coefficient (Wildman–Crippen LogP) is 4.31. The zero-order valence-corrected chi connectivity index (χ0v) is 20.0. The lowest BCUT2D eigenvalue weighted by Gasteiger charge is -2.32. The molecule has 174 valence electrons. The van der Waals surface area contributed by atoms with Gasteiger partial charge in [-0.1, -0.05) is 6.07 Å². The van der Waals surface area contributed by atoms with Crippen molar-refractivity contribution in [3.05, 3.63) is 42.0 Å². The second kappa shape index (κ2) is 10.1. The van der Waals surface area contributed by atoms with Crippen molar-refractivity contribution in [2.24, 2.45) is 0 Å². The van der Waals surface area contributed by atoms with E-state index in [4.69, 9.17) is 33.0 Å². The summed E-state index contributed by atoms with van der Waals surface area (Å²) in [5.74, 6) is 2.53. The van der Waals surface area contributed by atoms with Crippen LogP contribution in [-0.2, 0) is 25.4 Å². The van der Waals surface area contributed by atoms with Crippen LogP contribution in [0.25, 0.3) is 0 Å². The van der Waals surface area contributed by atoms with Gasteiger partial charge in [0.25, 0.3) is 0 Å². The van der Waals surface area contributed by atoms with Gasteiger partial charge in [0, 0.05) is 12.7 Å². The Balaban J connectivity index is 1.86. The highest BCUT2D eigenvalue weighted by Gasteiger charge is 2.52. The second-order valence-corrected chi connectivity index (χ2v) is 8.53. The van der Waals surface area contributed by atoms with E-state index in [2.05, 4.69) is 0 Å². The number of benzene rings is 2. The summed E-state index contributed by atoms with van der Waals surface area (Å²) >= 11 is 0. The van der Waals surface area contributed by atoms with E-state index < -0.39 is 18.3 Å². The van der Waals surface area contributed by atoms with Crippen molar-refractivity contribution < 1.29 is 33.0 Å². The normalized spacial score (nSPS) is 16.8. The number of methoxy groups -OCH3 is 2. The zero-order chi connectivity index (χ0) is 23.4. The molecule has 0 N–H and O–H groups in total. The first-order chi connectivity index (χ1) is 15.2. The third-order valence-corrected chi connectivity index (χ3v) is 5.84. The van der Waals surface area contributed by atoms with Crippen molar-refractivity contribution in [1.29, 1.82) is 0 Å². The Morgan fingerprint density at radius 1 is 0.812 bits per heavy atom. The second-order valence-electron chi connectivity index (χ2n) is 8.53. The first-order valence-corrected chi connectivity index (χ1v) is 10.7. The molecule has 1 heterocycles. The molecule has 0 aromatic heterocycles. The van der Waals surface area contributed by atoms with Crippen LogP contribution in [-0.4, -0.2) is 45.9 Å². The zero-order valence-electron chi connectivity index (χ0n) is 20.0. The van der Waals surface area contributed by atoms with Gasteiger partial charge in [-0.2, -0.15) is 0 Å². The molecule has 0 radical (unpaired) electrons. The molecule has 1 saturated heterocycles. The Hall–Kier alpha value is -2.26. The molecule has 0 amide bonds. The van der Waals surface area contributed by atoms with Gasteiger partial charge < -0.3 is 33.0 Å². The summed E-state index contributed by atoms with van der Waals surface area (Å²) in [6.45, 7) is 11.2. The van der Waals surface area contributed by atoms with Crippen molar-refractivity contribution in [3.8, 4) is 23.0 Å². The maximum absolute atomic E-state index is 6.25. The van der Waals surface area contributed by atoms with Gasteiger partial charge in [0.2, 0.25) is 0 Å². The first kappa shape index (κ1) is 24.4. The molecule has 0 atom stereocenters. The molecule has 1 fully saturated rings. The van der Waals surface area contributed by atoms with E-state index in [1.54, 1.807) is 26.4 Å². The minimum Gasteiger partial charge on any atom is -0.493 e. The number of rotatable bonds is 10. The van der Waals surface area contributed by atoms with Crippen LogP contribution in [0.1, 0.15) is 40.2 Å². The van der Waals surface area contributed by atoms with Gasteiger partial charge in [-0.25, -0.2) is 0 Å². The third-order valence-electron chi connectivity index (χ3n) is 5.84. The summed E-state index contributed by atoms with van der Waals surface area (Å²) in [7, 11) is 2.69. The fraction of sp³-hybridized carbons (Fsp3) is 0.500. The van der Waals surface area contributed by atoms with Crippen LogP contribution in [0.15, 0.2) is 36.4 Å². The monoisotopic (exact) mass is 444 g/mol. The summed E-state index contributed by atoms with van der Waals surface area (Å²) in [6.07, 6.45) is 0. The van der Waals surface area contributed by atoms with Crippen LogP contribution in [0, 0.1) is 0 Å². The highest BCUT2D eigenvalue weighted by Crippen LogP contribution is 2.37. The van der Waals surface area contributed by atoms with Crippen LogP contribution in [0.5, 0.6) is 23.0 Å². The van der Waals surface area contributed by atoms with E-state index in [1.165, 1.54) is 0 Å². The lowest BCUT2D eigenvalue weighted by molar-refractivity contribution is -0.0570. The maximum Gasteiger partial charge on any atom is 0.495 e. The number of hydrogen-bond donors (Lipinski definition) is 0. The smallest absolute Gasteiger partial charge is 0.493 e. The van der Waals surface area contributed by atoms with Gasteiger partial charge in [0.05, 0.1) is 32.0 Å². The number of hydrogen-bond acceptors (Lipinski definition) is 7. The van der Waals surface area contributed by atoms with Gasteiger partial charge in [-0.3, -0.25) is 0 Å². The summed E-state index contributed by atoms with van der Waals surface area (Å²) < 4.78 is 40.3. The first-order valence-electron chi connectivity index (χ1n) is 10.7. The quantitative estimate of drug-likeness (QED) is 0.308. The lowest BCUT2D eigenvalue weighted by Crippen LogP contribution is -2.41. The van der Waals surface area contributed by atoms with E-state index in [0.29, 0.717) is 36.2 Å². The van der Waals surface area contributed by atoms with Gasteiger partial charge in [0.15, 0.2) is 11.5 Å². The summed E-state index contributed by atoms with van der Waals surface area (Å²) in [4.78, 5) is 0. The lowest BCUT2D eigenvalue weighted by atomic mass is 9.76. The largest absolute Gasteiger partial charge is 0.495 e. The highest BCUT2D eigenvalue weighted by molar-refractivity contribution is 6.62. The summed E-state index contributed by atoms with van der Waals surface area (Å²) in [5.41, 5.74) is 0.937. The van der Waals surface area contributed by atoms with Crippen LogP contribution in [0.3, 0.4) is 0 Å². The molecule has 7 nitrogen and oxygen atoms in total. The van der Waals surface area contributed by atoms with Gasteiger partial charge in [-0.15, -0.1) is 0 Å². The van der Waals surface area contributed by atoms with Crippen LogP contribution < -0.4 is 19.7 Å². The van der Waals surface area contributed by atoms with Crippen molar-refractivity contribution in [3.63, 3.8) is 0 Å². The molecule has 0 unspecified atom stereocenters. The van der Waals surface area contributed by atoms with E-state index in [0.717, 1.165) is 11.0 Å². The molecular weight excluding hydrogens is 411 g/mol. The molecule has 0 aliphatic carbocycles. The van der Waals surface area contributed by atoms with Crippen molar-refractivity contribution in [2.75, 3.05) is 27.6 Å². The third kappa shape index (κ3) is 5.38. The van der Waals surface area contributed by atoms with E-state index in [9.17, 15) is 0 Å². The average Bonchev–Trinajstić information content (AvgIpc) is 2.98. The number of ether oxygens (including phenoxy) is 5. The summed E-state index contributed by atoms with van der Waals surface area (Å²) in [5, 5.41) is 0. The predicted molar refractivity (Wildman–Crippen MR) is 123 cm³/mol. The highest BCUT2D eigenvalue weighted by atomic mass is 16.7. The van der Waals surface area contributed by atoms with Gasteiger partial charge >= 0.3 is 7.12 Å². The maximum atomic E-state index is 6.25. The van der Waals surface area contributed by atoms with Crippen molar-refractivity contribution in [2.45, 2.75) is 52.4 Å². The van der Waals surface area contributed by atoms with E-state index >= 15 is 0 Å². The van der Waals surface area contributed by atoms with Crippen LogP contribution in [0.4, 0.5) is 0 Å². The van der Waals surface area contributed by atoms with Gasteiger partial charge in [-0.05, 0) is 69.9 Å². The minimum atomic E-state index is -0.499. The standard InChI is InChI=1S/C24H33BO7/c1-8-28-16-29-15-17-13-18(30-19-10-12-21(26-6)22(14-19)27-7)9-11-20(17)25-31-23(2,3)24(4,5)32-25/h9-14H,8,15-16H2,1-7H3. The van der Waals surface area contributed by atoms with Crippen molar-refractivity contribution >= 4 is 12.6 Å². The molecule has 0 bridgehead atoms. The van der Waals surface area contributed by atoms with Gasteiger partial charge in [0.1, 0.15) is 18.3 Å². The van der Waals surface area contributed by atoms with E-state index in [-0.39, 0.29) is 6.79 Å². The molecule has 0 saturated carbocycles. The molecule has 2 aromatic rings. The average molecular weight is 444 g/mol. The Morgan fingerprint density at radius 3 is 2.06 bits per heavy atom. The summed E-state index contributed by atoms with van der Waals surface area (Å²) in [6, 6.07) is 11.2. The Kier molecular flexibility index (Phi) is 7.72. The molecule has 2 aromatic carbocycles. The SMILES string of the molecule is CCOCOCc1cc(Oc2ccc(OC)c(OC)c2)ccc1B1OC(C)(C)C(C)(C)O1. The van der Waals surface area contributed by atoms with Crippen molar-refractivity contribution in [1.82, 2.24) is 0 Å². The fourth-order valence-corrected chi connectivity index (χ4v) is 3.28. The molecule has 3 rings (SSSR count).